The van der Waals surface area contributed by atoms with Gasteiger partial charge in [0.15, 0.2) is 4.60 Å². The van der Waals surface area contributed by atoms with Crippen LogP contribution in [0.3, 0.4) is 0 Å². The van der Waals surface area contributed by atoms with Crippen molar-refractivity contribution in [3.8, 4) is 5.75 Å². The SMILES string of the molecule is CCOc1ccccc1C(N)c1c(Br)nnn1C. The zero-order valence-corrected chi connectivity index (χ0v) is 11.9. The maximum absolute atomic E-state index is 6.28. The lowest BCUT2D eigenvalue weighted by Crippen LogP contribution is -2.17. The van der Waals surface area contributed by atoms with E-state index in [2.05, 4.69) is 26.2 Å². The van der Waals surface area contributed by atoms with Crippen molar-refractivity contribution in [1.82, 2.24) is 15.0 Å². The number of para-hydroxylation sites is 1. The first-order valence-corrected chi connectivity index (χ1v) is 6.46. The molecule has 18 heavy (non-hydrogen) atoms. The molecule has 0 spiro atoms. The van der Waals surface area contributed by atoms with E-state index in [-0.39, 0.29) is 6.04 Å². The molecule has 1 aromatic heterocycles. The van der Waals surface area contributed by atoms with Gasteiger partial charge in [0.05, 0.1) is 18.3 Å². The van der Waals surface area contributed by atoms with E-state index in [0.717, 1.165) is 17.0 Å². The van der Waals surface area contributed by atoms with Crippen LogP contribution >= 0.6 is 15.9 Å². The number of hydrogen-bond acceptors (Lipinski definition) is 4. The number of benzene rings is 1. The third kappa shape index (κ3) is 2.39. The van der Waals surface area contributed by atoms with Crippen molar-refractivity contribution in [2.45, 2.75) is 13.0 Å². The molecule has 96 valence electrons. The summed E-state index contributed by atoms with van der Waals surface area (Å²) in [5.74, 6) is 0.792. The second-order valence-corrected chi connectivity index (χ2v) is 4.59. The molecule has 1 atom stereocenters. The lowest BCUT2D eigenvalue weighted by atomic mass is 10.0. The predicted molar refractivity (Wildman–Crippen MR) is 72.3 cm³/mol. The van der Waals surface area contributed by atoms with Crippen LogP contribution in [0.1, 0.15) is 24.2 Å². The van der Waals surface area contributed by atoms with Crippen LogP contribution in [0.15, 0.2) is 28.9 Å². The number of hydrogen-bond donors (Lipinski definition) is 1. The van der Waals surface area contributed by atoms with Gasteiger partial charge in [-0.1, -0.05) is 23.4 Å². The predicted octanol–water partition coefficient (Wildman–Crippen LogP) is 2.02. The Bertz CT molecular complexity index is 521. The zero-order chi connectivity index (χ0) is 13.1. The molecule has 0 amide bonds. The highest BCUT2D eigenvalue weighted by Gasteiger charge is 2.20. The van der Waals surface area contributed by atoms with Gasteiger partial charge < -0.3 is 10.5 Å². The van der Waals surface area contributed by atoms with E-state index in [4.69, 9.17) is 10.5 Å². The van der Waals surface area contributed by atoms with Gasteiger partial charge in [-0.2, -0.15) is 0 Å². The number of ether oxygens (including phenoxy) is 1. The zero-order valence-electron chi connectivity index (χ0n) is 10.3. The van der Waals surface area contributed by atoms with E-state index in [9.17, 15) is 0 Å². The van der Waals surface area contributed by atoms with Gasteiger partial charge in [-0.3, -0.25) is 0 Å². The quantitative estimate of drug-likeness (QED) is 0.938. The first-order valence-electron chi connectivity index (χ1n) is 5.67. The summed E-state index contributed by atoms with van der Waals surface area (Å²) in [4.78, 5) is 0. The van der Waals surface area contributed by atoms with Gasteiger partial charge in [-0.15, -0.1) is 5.10 Å². The molecule has 6 heteroatoms. The minimum absolute atomic E-state index is 0.331. The van der Waals surface area contributed by atoms with Crippen molar-refractivity contribution in [3.05, 3.63) is 40.1 Å². The standard InChI is InChI=1S/C12H15BrN4O/c1-3-18-9-7-5-4-6-8(9)10(14)11-12(13)15-16-17(11)2/h4-7,10H,3,14H2,1-2H3. The van der Waals surface area contributed by atoms with E-state index in [1.165, 1.54) is 0 Å². The summed E-state index contributed by atoms with van der Waals surface area (Å²) in [6.45, 7) is 2.55. The van der Waals surface area contributed by atoms with Gasteiger partial charge in [-0.05, 0) is 28.9 Å². The molecule has 2 aromatic rings. The summed E-state index contributed by atoms with van der Waals surface area (Å²) in [5.41, 5.74) is 8.03. The van der Waals surface area contributed by atoms with Crippen molar-refractivity contribution in [1.29, 1.82) is 0 Å². The Morgan fingerprint density at radius 3 is 2.78 bits per heavy atom. The average molecular weight is 311 g/mol. The Morgan fingerprint density at radius 1 is 1.44 bits per heavy atom. The van der Waals surface area contributed by atoms with E-state index in [1.54, 1.807) is 4.68 Å². The van der Waals surface area contributed by atoms with Crippen LogP contribution in [-0.2, 0) is 7.05 Å². The smallest absolute Gasteiger partial charge is 0.153 e. The number of rotatable bonds is 4. The maximum Gasteiger partial charge on any atom is 0.153 e. The van der Waals surface area contributed by atoms with Gasteiger partial charge in [-0.25, -0.2) is 4.68 Å². The number of halogens is 1. The van der Waals surface area contributed by atoms with E-state index < -0.39 is 0 Å². The molecule has 0 fully saturated rings. The van der Waals surface area contributed by atoms with Crippen LogP contribution < -0.4 is 10.5 Å². The summed E-state index contributed by atoms with van der Waals surface area (Å²) >= 11 is 3.36. The number of nitrogens with two attached hydrogens (primary N) is 1. The Kier molecular flexibility index (Phi) is 3.98. The van der Waals surface area contributed by atoms with Gasteiger partial charge in [0.2, 0.25) is 0 Å². The van der Waals surface area contributed by atoms with E-state index in [0.29, 0.717) is 11.2 Å². The number of nitrogens with zero attached hydrogens (tertiary/aromatic N) is 3. The average Bonchev–Trinajstić information content (AvgIpc) is 2.69. The molecule has 0 saturated carbocycles. The summed E-state index contributed by atoms with van der Waals surface area (Å²) in [6, 6.07) is 7.40. The second kappa shape index (κ2) is 5.49. The molecular weight excluding hydrogens is 296 g/mol. The summed E-state index contributed by atoms with van der Waals surface area (Å²) in [7, 11) is 1.82. The van der Waals surface area contributed by atoms with Crippen molar-refractivity contribution < 1.29 is 4.74 Å². The fourth-order valence-electron chi connectivity index (χ4n) is 1.84. The molecule has 1 heterocycles. The van der Waals surface area contributed by atoms with Gasteiger partial charge >= 0.3 is 0 Å². The third-order valence-corrected chi connectivity index (χ3v) is 3.24. The van der Waals surface area contributed by atoms with Crippen LogP contribution in [-0.4, -0.2) is 21.6 Å². The molecule has 0 aliphatic rings. The van der Waals surface area contributed by atoms with Crippen molar-refractivity contribution >= 4 is 15.9 Å². The highest BCUT2D eigenvalue weighted by molar-refractivity contribution is 9.10. The molecule has 1 aromatic carbocycles. The van der Waals surface area contributed by atoms with Crippen LogP contribution in [0, 0.1) is 0 Å². The van der Waals surface area contributed by atoms with E-state index in [1.807, 2.05) is 38.2 Å². The fraction of sp³-hybridized carbons (Fsp3) is 0.333. The number of aryl methyl sites for hydroxylation is 1. The minimum atomic E-state index is -0.331. The Balaban J connectivity index is 2.43. The molecule has 0 aliphatic carbocycles. The van der Waals surface area contributed by atoms with Crippen molar-refractivity contribution in [2.24, 2.45) is 12.8 Å². The highest BCUT2D eigenvalue weighted by atomic mass is 79.9. The first kappa shape index (κ1) is 13.0. The Hall–Kier alpha value is -1.40. The molecule has 2 rings (SSSR count). The summed E-state index contributed by atoms with van der Waals surface area (Å²) in [5, 5.41) is 7.88. The lowest BCUT2D eigenvalue weighted by Gasteiger charge is -2.16. The highest BCUT2D eigenvalue weighted by Crippen LogP contribution is 2.30. The van der Waals surface area contributed by atoms with Crippen molar-refractivity contribution in [3.63, 3.8) is 0 Å². The van der Waals surface area contributed by atoms with Gasteiger partial charge in [0.1, 0.15) is 5.75 Å². The monoisotopic (exact) mass is 310 g/mol. The lowest BCUT2D eigenvalue weighted by molar-refractivity contribution is 0.335. The summed E-state index contributed by atoms with van der Waals surface area (Å²) in [6.07, 6.45) is 0. The molecule has 5 nitrogen and oxygen atoms in total. The van der Waals surface area contributed by atoms with Crippen LogP contribution in [0.25, 0.3) is 0 Å². The Labute approximate surface area is 114 Å². The molecular formula is C12H15BrN4O. The minimum Gasteiger partial charge on any atom is -0.494 e. The second-order valence-electron chi connectivity index (χ2n) is 3.84. The van der Waals surface area contributed by atoms with Gasteiger partial charge in [0, 0.05) is 12.6 Å². The number of aromatic nitrogens is 3. The molecule has 0 bridgehead atoms. The third-order valence-electron chi connectivity index (χ3n) is 2.68. The molecule has 1 unspecified atom stereocenters. The first-order chi connectivity index (χ1) is 8.65. The largest absolute Gasteiger partial charge is 0.494 e. The van der Waals surface area contributed by atoms with Gasteiger partial charge in [0.25, 0.3) is 0 Å². The fourth-order valence-corrected chi connectivity index (χ4v) is 2.41. The molecule has 0 aliphatic heterocycles. The molecule has 2 N–H and O–H groups in total. The Morgan fingerprint density at radius 2 is 2.17 bits per heavy atom. The van der Waals surface area contributed by atoms with Crippen LogP contribution in [0.4, 0.5) is 0 Å². The topological polar surface area (TPSA) is 66.0 Å². The summed E-state index contributed by atoms with van der Waals surface area (Å²) < 4.78 is 7.91. The maximum atomic E-state index is 6.28. The van der Waals surface area contributed by atoms with E-state index >= 15 is 0 Å². The normalized spacial score (nSPS) is 12.4. The van der Waals surface area contributed by atoms with Crippen LogP contribution in [0.5, 0.6) is 5.75 Å². The molecule has 0 radical (unpaired) electrons. The van der Waals surface area contributed by atoms with Crippen LogP contribution in [0.2, 0.25) is 0 Å². The van der Waals surface area contributed by atoms with Crippen molar-refractivity contribution in [2.75, 3.05) is 6.61 Å². The molecule has 0 saturated heterocycles.